The van der Waals surface area contributed by atoms with Gasteiger partial charge in [-0.05, 0) is 51.1 Å². The average Bonchev–Trinajstić information content (AvgIpc) is 3.56. The third-order valence-electron chi connectivity index (χ3n) is 9.00. The Morgan fingerprint density at radius 2 is 0.981 bits per heavy atom. The molecule has 0 radical (unpaired) electrons. The minimum atomic E-state index is -0.906. The van der Waals surface area contributed by atoms with Crippen molar-refractivity contribution in [2.24, 2.45) is 0 Å². The fraction of sp³-hybridized carbons (Fsp3) is 0.191. The molecule has 1 aliphatic carbocycles. The fourth-order valence-electron chi connectivity index (χ4n) is 6.69. The molecule has 0 saturated heterocycles. The Morgan fingerprint density at radius 1 is 0.585 bits per heavy atom. The molecule has 6 aromatic rings. The van der Waals surface area contributed by atoms with Crippen LogP contribution in [0.5, 0.6) is 0 Å². The number of ether oxygens (including phenoxy) is 1. The number of benzene rings is 6. The first-order chi connectivity index (χ1) is 26.1. The summed E-state index contributed by atoms with van der Waals surface area (Å²) >= 11 is 1.61. The lowest BCUT2D eigenvalue weighted by atomic mass is 9.84. The van der Waals surface area contributed by atoms with Crippen LogP contribution < -0.4 is 10.6 Å². The van der Waals surface area contributed by atoms with E-state index >= 15 is 0 Å². The molecular weight excluding hydrogens is 673 g/mol. The molecule has 0 heterocycles. The Hall–Kier alpha value is -5.59. The van der Waals surface area contributed by atoms with E-state index in [1.165, 1.54) is 0 Å². The Kier molecular flexibility index (Phi) is 14.1. The number of hydrogen-bond acceptors (Lipinski definition) is 4. The number of amides is 2. The van der Waals surface area contributed by atoms with Crippen LogP contribution in [0.3, 0.4) is 0 Å². The van der Waals surface area contributed by atoms with E-state index in [0.717, 1.165) is 38.9 Å². The second-order valence-corrected chi connectivity index (χ2v) is 13.2. The van der Waals surface area contributed by atoms with Gasteiger partial charge in [0, 0.05) is 17.4 Å². The van der Waals surface area contributed by atoms with Gasteiger partial charge in [-0.15, -0.1) is 11.8 Å². The van der Waals surface area contributed by atoms with Gasteiger partial charge in [-0.25, -0.2) is 4.79 Å². The number of nitrogens with one attached hydrogen (secondary N) is 2. The SMILES string of the molecule is CC.CC.O=C(N[C@@H](CSC(c1ccccc1)(c1ccccc1)c1ccccc1)C(=O)Nc1ccccc1)OCC1c2ccccc2-c2ccccc21. The number of para-hydroxylation sites is 1. The van der Waals surface area contributed by atoms with Crippen molar-refractivity contribution in [3.63, 3.8) is 0 Å². The number of rotatable bonds is 11. The zero-order chi connectivity index (χ0) is 37.5. The standard InChI is InChI=1S/C43H36N2O3S.2C2H6/c46-41(44-34-23-11-4-12-24-34)40(45-42(47)48-29-39-37-27-15-13-25-35(37)36-26-14-16-28-38(36)39)30-49-43(31-17-5-1-6-18-31,32-19-7-2-8-20-32)33-21-9-3-10-22-33;2*1-2/h1-28,39-40H,29-30H2,(H,44,46)(H,45,47);2*1-2H3/t40-;;/m0../s1. The van der Waals surface area contributed by atoms with E-state index in [-0.39, 0.29) is 24.2 Å². The Labute approximate surface area is 318 Å². The molecule has 0 unspecified atom stereocenters. The van der Waals surface area contributed by atoms with Gasteiger partial charge in [-0.1, -0.05) is 185 Å². The van der Waals surface area contributed by atoms with Crippen LogP contribution in [0, 0.1) is 0 Å². The van der Waals surface area contributed by atoms with Crippen LogP contribution in [0.2, 0.25) is 0 Å². The molecule has 0 bridgehead atoms. The van der Waals surface area contributed by atoms with Gasteiger partial charge >= 0.3 is 6.09 Å². The molecule has 6 aromatic carbocycles. The summed E-state index contributed by atoms with van der Waals surface area (Å²) < 4.78 is 5.25. The maximum atomic E-state index is 14.0. The molecule has 53 heavy (non-hydrogen) atoms. The number of fused-ring (bicyclic) bond motifs is 3. The Balaban J connectivity index is 0.00000131. The average molecular weight is 721 g/mol. The summed E-state index contributed by atoms with van der Waals surface area (Å²) in [7, 11) is 0. The largest absolute Gasteiger partial charge is 0.449 e. The maximum absolute atomic E-state index is 14.0. The van der Waals surface area contributed by atoms with E-state index in [9.17, 15) is 9.59 Å². The highest BCUT2D eigenvalue weighted by atomic mass is 32.2. The summed E-state index contributed by atoms with van der Waals surface area (Å²) in [6, 6.07) is 55.7. The summed E-state index contributed by atoms with van der Waals surface area (Å²) in [4.78, 5) is 27.6. The number of hydrogen-bond donors (Lipinski definition) is 2. The van der Waals surface area contributed by atoms with Crippen LogP contribution in [0.4, 0.5) is 10.5 Å². The summed E-state index contributed by atoms with van der Waals surface area (Å²) in [5.41, 5.74) is 8.43. The smallest absolute Gasteiger partial charge is 0.407 e. The van der Waals surface area contributed by atoms with Crippen LogP contribution in [-0.2, 0) is 14.3 Å². The summed E-state index contributed by atoms with van der Waals surface area (Å²) in [6.07, 6.45) is -0.639. The highest BCUT2D eigenvalue weighted by Crippen LogP contribution is 2.49. The molecule has 2 N–H and O–H groups in total. The van der Waals surface area contributed by atoms with Crippen molar-refractivity contribution in [2.45, 2.75) is 44.4 Å². The van der Waals surface area contributed by atoms with Crippen LogP contribution in [0.1, 0.15) is 61.4 Å². The molecule has 270 valence electrons. The van der Waals surface area contributed by atoms with Crippen LogP contribution in [0.25, 0.3) is 11.1 Å². The van der Waals surface area contributed by atoms with Gasteiger partial charge in [-0.3, -0.25) is 4.79 Å². The molecule has 0 fully saturated rings. The van der Waals surface area contributed by atoms with Gasteiger partial charge < -0.3 is 15.4 Å². The molecule has 2 amide bonds. The van der Waals surface area contributed by atoms with Crippen molar-refractivity contribution < 1.29 is 14.3 Å². The monoisotopic (exact) mass is 720 g/mol. The number of alkyl carbamates (subject to hydrolysis) is 1. The minimum absolute atomic E-state index is 0.0917. The highest BCUT2D eigenvalue weighted by molar-refractivity contribution is 8.00. The molecule has 0 spiro atoms. The van der Waals surface area contributed by atoms with Gasteiger partial charge in [0.05, 0.1) is 4.75 Å². The summed E-state index contributed by atoms with van der Waals surface area (Å²) in [6.45, 7) is 8.15. The van der Waals surface area contributed by atoms with E-state index in [4.69, 9.17) is 4.74 Å². The second kappa shape index (κ2) is 19.3. The van der Waals surface area contributed by atoms with Gasteiger partial charge in [0.15, 0.2) is 0 Å². The minimum Gasteiger partial charge on any atom is -0.449 e. The lowest BCUT2D eigenvalue weighted by Crippen LogP contribution is -2.47. The normalized spacial score (nSPS) is 12.0. The molecule has 0 aromatic heterocycles. The van der Waals surface area contributed by atoms with Crippen molar-refractivity contribution >= 4 is 29.4 Å². The number of carbonyl (C=O) groups excluding carboxylic acids is 2. The third kappa shape index (κ3) is 8.90. The van der Waals surface area contributed by atoms with Crippen molar-refractivity contribution in [2.75, 3.05) is 17.7 Å². The topological polar surface area (TPSA) is 67.4 Å². The maximum Gasteiger partial charge on any atom is 0.407 e. The molecule has 1 atom stereocenters. The van der Waals surface area contributed by atoms with E-state index in [1.807, 2.05) is 137 Å². The predicted molar refractivity (Wildman–Crippen MR) is 221 cm³/mol. The van der Waals surface area contributed by atoms with Crippen LogP contribution in [0.15, 0.2) is 170 Å². The van der Waals surface area contributed by atoms with Crippen molar-refractivity contribution in [3.05, 3.63) is 198 Å². The van der Waals surface area contributed by atoms with Gasteiger partial charge in [0.25, 0.3) is 0 Å². The molecule has 0 aliphatic heterocycles. The van der Waals surface area contributed by atoms with Crippen LogP contribution in [-0.4, -0.2) is 30.4 Å². The molecule has 7 rings (SSSR count). The van der Waals surface area contributed by atoms with Crippen molar-refractivity contribution in [3.8, 4) is 11.1 Å². The lowest BCUT2D eigenvalue weighted by Gasteiger charge is -2.36. The molecule has 1 aliphatic rings. The molecule has 5 nitrogen and oxygen atoms in total. The Morgan fingerprint density at radius 3 is 1.43 bits per heavy atom. The van der Waals surface area contributed by atoms with E-state index < -0.39 is 16.9 Å². The molecule has 0 saturated carbocycles. The Bertz CT molecular complexity index is 1880. The fourth-order valence-corrected chi connectivity index (χ4v) is 8.25. The zero-order valence-electron chi connectivity index (χ0n) is 30.9. The van der Waals surface area contributed by atoms with Crippen molar-refractivity contribution in [1.29, 1.82) is 0 Å². The quantitative estimate of drug-likeness (QED) is 0.131. The van der Waals surface area contributed by atoms with Crippen molar-refractivity contribution in [1.82, 2.24) is 5.32 Å². The highest BCUT2D eigenvalue weighted by Gasteiger charge is 2.39. The third-order valence-corrected chi connectivity index (χ3v) is 10.6. The number of thioether (sulfide) groups is 1. The van der Waals surface area contributed by atoms with Gasteiger partial charge in [-0.2, -0.15) is 0 Å². The van der Waals surface area contributed by atoms with Gasteiger partial charge in [0.2, 0.25) is 5.91 Å². The van der Waals surface area contributed by atoms with E-state index in [0.29, 0.717) is 5.69 Å². The van der Waals surface area contributed by atoms with Gasteiger partial charge in [0.1, 0.15) is 12.6 Å². The first-order valence-corrected chi connectivity index (χ1v) is 19.4. The lowest BCUT2D eigenvalue weighted by molar-refractivity contribution is -0.117. The zero-order valence-corrected chi connectivity index (χ0v) is 31.7. The molecular formula is C47H48N2O3S. The van der Waals surface area contributed by atoms with E-state index in [1.54, 1.807) is 11.8 Å². The molecule has 6 heteroatoms. The first-order valence-electron chi connectivity index (χ1n) is 18.4. The first kappa shape index (κ1) is 38.6. The van der Waals surface area contributed by atoms with E-state index in [2.05, 4.69) is 71.3 Å². The number of anilines is 1. The summed E-state index contributed by atoms with van der Waals surface area (Å²) in [5.74, 6) is -0.150. The number of carbonyl (C=O) groups is 2. The predicted octanol–water partition coefficient (Wildman–Crippen LogP) is 11.3. The summed E-state index contributed by atoms with van der Waals surface area (Å²) in [5, 5.41) is 5.95. The second-order valence-electron chi connectivity index (χ2n) is 12.0. The van der Waals surface area contributed by atoms with Crippen LogP contribution >= 0.6 is 11.8 Å².